The second-order valence-electron chi connectivity index (χ2n) is 3.29. The Hall–Kier alpha value is -2.34. The number of hydrogen-bond donors (Lipinski definition) is 2. The summed E-state index contributed by atoms with van der Waals surface area (Å²) in [6.45, 7) is 0. The fourth-order valence-electron chi connectivity index (χ4n) is 1.51. The minimum Gasteiger partial charge on any atom is -0.503 e. The number of benzene rings is 1. The van der Waals surface area contributed by atoms with Gasteiger partial charge in [0.15, 0.2) is 5.75 Å². The minimum absolute atomic E-state index is 0.154. The first kappa shape index (κ1) is 11.2. The third-order valence-corrected chi connectivity index (χ3v) is 2.24. The monoisotopic (exact) mass is 235 g/mol. The van der Waals surface area contributed by atoms with Crippen molar-refractivity contribution < 1.29 is 19.7 Å². The average Bonchev–Trinajstić information content (AvgIpc) is 2.30. The Balaban J connectivity index is 2.69. The summed E-state index contributed by atoms with van der Waals surface area (Å²) in [6.07, 6.45) is 0. The normalized spacial score (nSPS) is 10.4. The molecule has 0 atom stereocenters. The van der Waals surface area contributed by atoms with Crippen LogP contribution >= 0.6 is 0 Å². The molecule has 0 spiro atoms. The van der Waals surface area contributed by atoms with Gasteiger partial charge in [0.2, 0.25) is 0 Å². The van der Waals surface area contributed by atoms with Crippen LogP contribution in [0.4, 0.5) is 0 Å². The zero-order chi connectivity index (χ0) is 12.4. The lowest BCUT2D eigenvalue weighted by molar-refractivity contribution is -0.216. The highest BCUT2D eigenvalue weighted by molar-refractivity contribution is 6.02. The van der Waals surface area contributed by atoms with Crippen LogP contribution in [0.25, 0.3) is 10.9 Å². The van der Waals surface area contributed by atoms with Gasteiger partial charge in [-0.3, -0.25) is 9.68 Å². The zero-order valence-corrected chi connectivity index (χ0v) is 8.89. The Morgan fingerprint density at radius 3 is 2.88 bits per heavy atom. The van der Waals surface area contributed by atoms with Crippen LogP contribution in [0.15, 0.2) is 29.1 Å². The number of para-hydroxylation sites is 1. The Morgan fingerprint density at radius 2 is 2.18 bits per heavy atom. The third-order valence-electron chi connectivity index (χ3n) is 2.24. The molecule has 0 bridgehead atoms. The van der Waals surface area contributed by atoms with Gasteiger partial charge >= 0.3 is 5.97 Å². The van der Waals surface area contributed by atoms with Crippen molar-refractivity contribution in [1.29, 1.82) is 0 Å². The molecule has 0 fully saturated rings. The van der Waals surface area contributed by atoms with Crippen molar-refractivity contribution in [3.63, 3.8) is 0 Å². The molecule has 6 nitrogen and oxygen atoms in total. The number of aromatic hydroxyl groups is 1. The van der Waals surface area contributed by atoms with Crippen LogP contribution in [-0.2, 0) is 9.78 Å². The molecule has 1 heterocycles. The molecule has 0 aliphatic heterocycles. The molecule has 2 rings (SSSR count). The second kappa shape index (κ2) is 4.26. The third kappa shape index (κ3) is 1.98. The van der Waals surface area contributed by atoms with Crippen molar-refractivity contribution in [2.75, 3.05) is 7.11 Å². The zero-order valence-electron chi connectivity index (χ0n) is 8.89. The molecule has 1 aromatic heterocycles. The van der Waals surface area contributed by atoms with Gasteiger partial charge in [-0.2, -0.15) is 4.89 Å². The first-order valence-corrected chi connectivity index (χ1v) is 4.73. The van der Waals surface area contributed by atoms with E-state index in [4.69, 9.17) is 0 Å². The largest absolute Gasteiger partial charge is 0.503 e. The summed E-state index contributed by atoms with van der Waals surface area (Å²) in [7, 11) is 1.21. The number of rotatable bonds is 2. The van der Waals surface area contributed by atoms with E-state index in [1.54, 1.807) is 12.1 Å². The Kier molecular flexibility index (Phi) is 2.80. The number of fused-ring (bicyclic) bond motifs is 1. The number of hydrogen-bond acceptors (Lipinski definition) is 5. The smallest absolute Gasteiger partial charge is 0.375 e. The van der Waals surface area contributed by atoms with Gasteiger partial charge in [0.05, 0.1) is 18.2 Å². The maximum absolute atomic E-state index is 11.5. The van der Waals surface area contributed by atoms with E-state index >= 15 is 0 Å². The van der Waals surface area contributed by atoms with Crippen LogP contribution in [0.3, 0.4) is 0 Å². The van der Waals surface area contributed by atoms with E-state index in [2.05, 4.69) is 14.8 Å². The number of pyridine rings is 1. The summed E-state index contributed by atoms with van der Waals surface area (Å²) in [5, 5.41) is 9.79. The molecule has 2 aromatic rings. The van der Waals surface area contributed by atoms with Crippen LogP contribution < -0.4 is 5.56 Å². The molecule has 17 heavy (non-hydrogen) atoms. The van der Waals surface area contributed by atoms with Crippen molar-refractivity contribution in [3.8, 4) is 5.75 Å². The highest BCUT2D eigenvalue weighted by atomic mass is 17.2. The standard InChI is InChI=1S/C11H9NO5/c1-16-17-11(15)7-4-2-3-6-5-8(13)10(14)12-9(6)7/h2-5,13H,1H3,(H,12,14). The SMILES string of the molecule is COOC(=O)c1cccc2cc(O)c(=O)[nH]c12. The van der Waals surface area contributed by atoms with Crippen molar-refractivity contribution in [2.24, 2.45) is 0 Å². The molecule has 6 heteroatoms. The van der Waals surface area contributed by atoms with Gasteiger partial charge in [0.25, 0.3) is 5.56 Å². The fraction of sp³-hybridized carbons (Fsp3) is 0.0909. The average molecular weight is 235 g/mol. The van der Waals surface area contributed by atoms with Gasteiger partial charge in [-0.05, 0) is 12.1 Å². The maximum Gasteiger partial charge on any atom is 0.375 e. The van der Waals surface area contributed by atoms with E-state index < -0.39 is 17.3 Å². The summed E-state index contributed by atoms with van der Waals surface area (Å²) in [5.41, 5.74) is -0.228. The van der Waals surface area contributed by atoms with Crippen LogP contribution in [0.1, 0.15) is 10.4 Å². The topological polar surface area (TPSA) is 88.6 Å². The van der Waals surface area contributed by atoms with E-state index in [-0.39, 0.29) is 11.1 Å². The van der Waals surface area contributed by atoms with E-state index in [0.29, 0.717) is 5.39 Å². The van der Waals surface area contributed by atoms with Crippen molar-refractivity contribution >= 4 is 16.9 Å². The van der Waals surface area contributed by atoms with Crippen molar-refractivity contribution in [3.05, 3.63) is 40.2 Å². The molecular weight excluding hydrogens is 226 g/mol. The van der Waals surface area contributed by atoms with Gasteiger partial charge in [0.1, 0.15) is 0 Å². The van der Waals surface area contributed by atoms with E-state index in [9.17, 15) is 14.7 Å². The molecule has 0 saturated carbocycles. The van der Waals surface area contributed by atoms with Crippen LogP contribution in [-0.4, -0.2) is 23.2 Å². The molecule has 0 aliphatic rings. The van der Waals surface area contributed by atoms with Gasteiger partial charge in [0, 0.05) is 5.39 Å². The highest BCUT2D eigenvalue weighted by Gasteiger charge is 2.13. The molecule has 0 unspecified atom stereocenters. The van der Waals surface area contributed by atoms with Crippen LogP contribution in [0.2, 0.25) is 0 Å². The van der Waals surface area contributed by atoms with Crippen molar-refractivity contribution in [2.45, 2.75) is 0 Å². The molecule has 88 valence electrons. The quantitative estimate of drug-likeness (QED) is 0.597. The molecule has 2 N–H and O–H groups in total. The number of aromatic nitrogens is 1. The Labute approximate surface area is 95.3 Å². The molecule has 0 aliphatic carbocycles. The number of aromatic amines is 1. The summed E-state index contributed by atoms with van der Waals surface area (Å²) < 4.78 is 0. The summed E-state index contributed by atoms with van der Waals surface area (Å²) in [6, 6.07) is 6.01. The van der Waals surface area contributed by atoms with Gasteiger partial charge in [-0.15, -0.1) is 0 Å². The molecule has 0 radical (unpaired) electrons. The number of H-pyrrole nitrogens is 1. The Morgan fingerprint density at radius 1 is 1.41 bits per heavy atom. The number of carbonyl (C=O) groups is 1. The van der Waals surface area contributed by atoms with E-state index in [1.807, 2.05) is 0 Å². The van der Waals surface area contributed by atoms with E-state index in [1.165, 1.54) is 19.2 Å². The lowest BCUT2D eigenvalue weighted by Gasteiger charge is -2.04. The number of carbonyl (C=O) groups excluding carboxylic acids is 1. The Bertz CT molecular complexity index is 631. The molecule has 0 amide bonds. The number of nitrogens with one attached hydrogen (secondary N) is 1. The molecule has 1 aromatic carbocycles. The van der Waals surface area contributed by atoms with Crippen molar-refractivity contribution in [1.82, 2.24) is 4.98 Å². The molecular formula is C11H9NO5. The van der Waals surface area contributed by atoms with Crippen LogP contribution in [0, 0.1) is 0 Å². The van der Waals surface area contributed by atoms with Gasteiger partial charge in [-0.25, -0.2) is 4.79 Å². The summed E-state index contributed by atoms with van der Waals surface area (Å²) in [4.78, 5) is 33.9. The first-order valence-electron chi connectivity index (χ1n) is 4.73. The highest BCUT2D eigenvalue weighted by Crippen LogP contribution is 2.18. The molecule has 0 saturated heterocycles. The summed E-state index contributed by atoms with van der Waals surface area (Å²) >= 11 is 0. The first-order chi connectivity index (χ1) is 8.13. The maximum atomic E-state index is 11.5. The van der Waals surface area contributed by atoms with E-state index in [0.717, 1.165) is 0 Å². The second-order valence-corrected chi connectivity index (χ2v) is 3.29. The lowest BCUT2D eigenvalue weighted by Crippen LogP contribution is -2.10. The predicted octanol–water partition coefficient (Wildman–Crippen LogP) is 0.952. The fourth-order valence-corrected chi connectivity index (χ4v) is 1.51. The predicted molar refractivity (Wildman–Crippen MR) is 58.7 cm³/mol. The lowest BCUT2D eigenvalue weighted by atomic mass is 10.1. The summed E-state index contributed by atoms with van der Waals surface area (Å²) in [5.74, 6) is -1.13. The van der Waals surface area contributed by atoms with Gasteiger partial charge < -0.3 is 10.1 Å². The van der Waals surface area contributed by atoms with Crippen LogP contribution in [0.5, 0.6) is 5.75 Å². The van der Waals surface area contributed by atoms with Gasteiger partial charge in [-0.1, -0.05) is 12.1 Å². The minimum atomic E-state index is -0.723.